The molecule has 0 aliphatic rings. The quantitative estimate of drug-likeness (QED) is 0.728. The molecule has 2 aromatic rings. The number of hydrogen-bond acceptors (Lipinski definition) is 2. The summed E-state index contributed by atoms with van der Waals surface area (Å²) in [4.78, 5) is 4.46. The first-order valence-electron chi connectivity index (χ1n) is 5.21. The zero-order valence-electron chi connectivity index (χ0n) is 9.23. The van der Waals surface area contributed by atoms with Gasteiger partial charge in [-0.1, -0.05) is 18.2 Å². The minimum atomic E-state index is 0.675. The Morgan fingerprint density at radius 1 is 1.38 bits per heavy atom. The van der Waals surface area contributed by atoms with E-state index in [1.54, 1.807) is 7.11 Å². The summed E-state index contributed by atoms with van der Waals surface area (Å²) in [5, 5.41) is 1.12. The van der Waals surface area contributed by atoms with Gasteiger partial charge in [-0.05, 0) is 18.6 Å². The van der Waals surface area contributed by atoms with Crippen LogP contribution in [-0.4, -0.2) is 12.1 Å². The smallest absolute Gasteiger partial charge is 0.216 e. The lowest BCUT2D eigenvalue weighted by Gasteiger charge is -2.07. The molecule has 1 aromatic heterocycles. The molecule has 2 rings (SSSR count). The average molecular weight is 211 g/mol. The monoisotopic (exact) mass is 211 g/mol. The Morgan fingerprint density at radius 3 is 2.94 bits per heavy atom. The minimum absolute atomic E-state index is 0.675. The number of hydrogen-bond donors (Lipinski definition) is 0. The molecule has 0 atom stereocenters. The molecule has 0 aliphatic heterocycles. The van der Waals surface area contributed by atoms with Crippen molar-refractivity contribution in [1.29, 1.82) is 0 Å². The van der Waals surface area contributed by atoms with E-state index in [0.717, 1.165) is 22.9 Å². The van der Waals surface area contributed by atoms with Crippen molar-refractivity contribution in [3.05, 3.63) is 35.9 Å². The van der Waals surface area contributed by atoms with Crippen molar-refractivity contribution in [2.24, 2.45) is 0 Å². The zero-order valence-corrected chi connectivity index (χ0v) is 9.23. The van der Waals surface area contributed by atoms with Crippen LogP contribution in [0.15, 0.2) is 30.3 Å². The average Bonchev–Trinajstić information content (AvgIpc) is 2.35. The van der Waals surface area contributed by atoms with Crippen LogP contribution in [0.5, 0.6) is 5.88 Å². The fraction of sp³-hybridized carbons (Fsp3) is 0.214. The standard InChI is InChI=1S/C14H13NO/c1-3-4-7-12-10-11-8-5-6-9-13(11)15-14(12)16-2/h1,5-6,8-10H,4,7H2,2H3. The number of aromatic nitrogens is 1. The van der Waals surface area contributed by atoms with Gasteiger partial charge in [0, 0.05) is 17.4 Å². The van der Waals surface area contributed by atoms with Gasteiger partial charge in [0.2, 0.25) is 5.88 Å². The van der Waals surface area contributed by atoms with Gasteiger partial charge < -0.3 is 4.74 Å². The third-order valence-electron chi connectivity index (χ3n) is 2.50. The van der Waals surface area contributed by atoms with Gasteiger partial charge in [-0.3, -0.25) is 0 Å². The molecule has 2 nitrogen and oxygen atoms in total. The highest BCUT2D eigenvalue weighted by atomic mass is 16.5. The second-order valence-electron chi connectivity index (χ2n) is 3.55. The predicted octanol–water partition coefficient (Wildman–Crippen LogP) is 2.81. The van der Waals surface area contributed by atoms with Gasteiger partial charge in [-0.25, -0.2) is 4.98 Å². The van der Waals surface area contributed by atoms with E-state index < -0.39 is 0 Å². The number of methoxy groups -OCH3 is 1. The molecule has 0 amide bonds. The second kappa shape index (κ2) is 4.67. The molecule has 0 bridgehead atoms. The third kappa shape index (κ3) is 1.99. The van der Waals surface area contributed by atoms with Crippen molar-refractivity contribution in [1.82, 2.24) is 4.98 Å². The van der Waals surface area contributed by atoms with E-state index in [-0.39, 0.29) is 0 Å². The fourth-order valence-electron chi connectivity index (χ4n) is 1.70. The van der Waals surface area contributed by atoms with E-state index >= 15 is 0 Å². The number of pyridine rings is 1. The summed E-state index contributed by atoms with van der Waals surface area (Å²) < 4.78 is 5.27. The van der Waals surface area contributed by atoms with Crippen LogP contribution in [0, 0.1) is 12.3 Å². The Morgan fingerprint density at radius 2 is 2.19 bits per heavy atom. The maximum atomic E-state index is 5.27. The molecule has 0 unspecified atom stereocenters. The fourth-order valence-corrected chi connectivity index (χ4v) is 1.70. The summed E-state index contributed by atoms with van der Waals surface area (Å²) in [6.07, 6.45) is 6.78. The highest BCUT2D eigenvalue weighted by Crippen LogP contribution is 2.22. The predicted molar refractivity (Wildman–Crippen MR) is 65.4 cm³/mol. The Labute approximate surface area is 95.3 Å². The number of para-hydroxylation sites is 1. The maximum Gasteiger partial charge on any atom is 0.216 e. The van der Waals surface area contributed by atoms with Crippen molar-refractivity contribution in [2.45, 2.75) is 12.8 Å². The lowest BCUT2D eigenvalue weighted by molar-refractivity contribution is 0.394. The molecule has 0 N–H and O–H groups in total. The molecule has 16 heavy (non-hydrogen) atoms. The maximum absolute atomic E-state index is 5.27. The van der Waals surface area contributed by atoms with Gasteiger partial charge >= 0.3 is 0 Å². The normalized spacial score (nSPS) is 10.0. The molecule has 0 saturated carbocycles. The van der Waals surface area contributed by atoms with Gasteiger partial charge in [0.25, 0.3) is 0 Å². The van der Waals surface area contributed by atoms with Gasteiger partial charge in [0.05, 0.1) is 12.6 Å². The number of rotatable bonds is 3. The number of terminal acetylenes is 1. The third-order valence-corrected chi connectivity index (χ3v) is 2.50. The summed E-state index contributed by atoms with van der Waals surface area (Å²) in [5.74, 6) is 3.31. The Hall–Kier alpha value is -2.01. The number of aryl methyl sites for hydroxylation is 1. The van der Waals surface area contributed by atoms with Crippen LogP contribution in [0.25, 0.3) is 10.9 Å². The summed E-state index contributed by atoms with van der Waals surface area (Å²) in [6, 6.07) is 10.1. The molecule has 80 valence electrons. The minimum Gasteiger partial charge on any atom is -0.481 e. The summed E-state index contributed by atoms with van der Waals surface area (Å²) >= 11 is 0. The largest absolute Gasteiger partial charge is 0.481 e. The van der Waals surface area contributed by atoms with Crippen molar-refractivity contribution >= 4 is 10.9 Å². The Kier molecular flexibility index (Phi) is 3.07. The zero-order chi connectivity index (χ0) is 11.4. The van der Waals surface area contributed by atoms with Gasteiger partial charge in [-0.15, -0.1) is 12.3 Å². The first kappa shape index (κ1) is 10.5. The van der Waals surface area contributed by atoms with Crippen LogP contribution in [0.2, 0.25) is 0 Å². The molecule has 0 saturated heterocycles. The van der Waals surface area contributed by atoms with Crippen LogP contribution >= 0.6 is 0 Å². The topological polar surface area (TPSA) is 22.1 Å². The first-order chi connectivity index (χ1) is 7.85. The number of fused-ring (bicyclic) bond motifs is 1. The van der Waals surface area contributed by atoms with E-state index in [2.05, 4.69) is 17.0 Å². The molecule has 0 radical (unpaired) electrons. The molecule has 1 aromatic carbocycles. The van der Waals surface area contributed by atoms with Crippen molar-refractivity contribution < 1.29 is 4.74 Å². The Bertz CT molecular complexity index is 540. The highest BCUT2D eigenvalue weighted by Gasteiger charge is 2.06. The lowest BCUT2D eigenvalue weighted by atomic mass is 10.1. The molecular weight excluding hydrogens is 198 g/mol. The van der Waals surface area contributed by atoms with E-state index in [1.165, 1.54) is 0 Å². The van der Waals surface area contributed by atoms with E-state index in [1.807, 2.05) is 24.3 Å². The second-order valence-corrected chi connectivity index (χ2v) is 3.55. The number of benzene rings is 1. The van der Waals surface area contributed by atoms with E-state index in [9.17, 15) is 0 Å². The highest BCUT2D eigenvalue weighted by molar-refractivity contribution is 5.80. The molecule has 0 spiro atoms. The van der Waals surface area contributed by atoms with Crippen LogP contribution in [0.1, 0.15) is 12.0 Å². The molecule has 1 heterocycles. The summed E-state index contributed by atoms with van der Waals surface area (Å²) in [7, 11) is 1.64. The summed E-state index contributed by atoms with van der Waals surface area (Å²) in [6.45, 7) is 0. The van der Waals surface area contributed by atoms with Gasteiger partial charge in [-0.2, -0.15) is 0 Å². The number of nitrogens with zero attached hydrogens (tertiary/aromatic N) is 1. The summed E-state index contributed by atoms with van der Waals surface area (Å²) in [5.41, 5.74) is 2.02. The molecular formula is C14H13NO. The number of ether oxygens (including phenoxy) is 1. The van der Waals surface area contributed by atoms with Crippen LogP contribution in [-0.2, 0) is 6.42 Å². The van der Waals surface area contributed by atoms with Crippen molar-refractivity contribution in [3.63, 3.8) is 0 Å². The molecule has 0 fully saturated rings. The molecule has 0 aliphatic carbocycles. The van der Waals surface area contributed by atoms with E-state index in [4.69, 9.17) is 11.2 Å². The van der Waals surface area contributed by atoms with Gasteiger partial charge in [0.15, 0.2) is 0 Å². The SMILES string of the molecule is C#CCCc1cc2ccccc2nc1OC. The lowest BCUT2D eigenvalue weighted by Crippen LogP contribution is -1.95. The van der Waals surface area contributed by atoms with Crippen molar-refractivity contribution in [2.75, 3.05) is 7.11 Å². The van der Waals surface area contributed by atoms with Gasteiger partial charge in [0.1, 0.15) is 0 Å². The van der Waals surface area contributed by atoms with Crippen LogP contribution in [0.4, 0.5) is 0 Å². The van der Waals surface area contributed by atoms with Crippen molar-refractivity contribution in [3.8, 4) is 18.2 Å². The van der Waals surface area contributed by atoms with Crippen LogP contribution < -0.4 is 4.74 Å². The Balaban J connectivity index is 2.50. The first-order valence-corrected chi connectivity index (χ1v) is 5.21. The molecule has 2 heteroatoms. The van der Waals surface area contributed by atoms with E-state index in [0.29, 0.717) is 12.3 Å². The van der Waals surface area contributed by atoms with Crippen LogP contribution in [0.3, 0.4) is 0 Å².